The first-order valence-corrected chi connectivity index (χ1v) is 7.92. The van der Waals surface area contributed by atoms with E-state index in [2.05, 4.69) is 27.7 Å². The maximum Gasteiger partial charge on any atom is 0.303 e. The van der Waals surface area contributed by atoms with Crippen molar-refractivity contribution >= 4 is 5.97 Å². The molecule has 1 spiro atoms. The summed E-state index contributed by atoms with van der Waals surface area (Å²) in [6.07, 6.45) is 6.35. The number of ether oxygens (including phenoxy) is 1. The zero-order valence-electron chi connectivity index (χ0n) is 13.1. The molecule has 0 heterocycles. The van der Waals surface area contributed by atoms with Crippen LogP contribution in [0.4, 0.5) is 0 Å². The number of carbonyl (C=O) groups is 1. The summed E-state index contributed by atoms with van der Waals surface area (Å²) in [6, 6.07) is 0. The van der Waals surface area contributed by atoms with Gasteiger partial charge in [0, 0.05) is 12.8 Å². The van der Waals surface area contributed by atoms with Crippen LogP contribution in [-0.4, -0.2) is 11.6 Å². The third-order valence-electron chi connectivity index (χ3n) is 7.15. The van der Waals surface area contributed by atoms with Crippen molar-refractivity contribution in [3.8, 4) is 0 Å². The molecule has 2 bridgehead atoms. The minimum absolute atomic E-state index is 0.112. The van der Waals surface area contributed by atoms with Crippen LogP contribution in [0.5, 0.6) is 0 Å². The second-order valence-corrected chi connectivity index (χ2v) is 8.25. The molecule has 3 rings (SSSR count). The fourth-order valence-electron chi connectivity index (χ4n) is 6.31. The van der Waals surface area contributed by atoms with E-state index in [1.165, 1.54) is 25.7 Å². The van der Waals surface area contributed by atoms with E-state index in [-0.39, 0.29) is 11.6 Å². The van der Waals surface area contributed by atoms with Gasteiger partial charge in [0.25, 0.3) is 0 Å². The summed E-state index contributed by atoms with van der Waals surface area (Å²) in [6.45, 7) is 11.0. The smallest absolute Gasteiger partial charge is 0.303 e. The van der Waals surface area contributed by atoms with Crippen molar-refractivity contribution in [2.24, 2.45) is 28.6 Å². The number of carbonyl (C=O) groups excluding carboxylic acids is 1. The van der Waals surface area contributed by atoms with Crippen LogP contribution in [0.15, 0.2) is 0 Å². The van der Waals surface area contributed by atoms with Crippen LogP contribution in [0.3, 0.4) is 0 Å². The van der Waals surface area contributed by atoms with Crippen LogP contribution in [0.2, 0.25) is 0 Å². The van der Waals surface area contributed by atoms with E-state index in [0.717, 1.165) is 18.3 Å². The van der Waals surface area contributed by atoms with Crippen LogP contribution in [-0.2, 0) is 9.53 Å². The van der Waals surface area contributed by atoms with E-state index in [1.54, 1.807) is 6.92 Å². The van der Waals surface area contributed by atoms with Crippen LogP contribution in [0, 0.1) is 28.6 Å². The lowest BCUT2D eigenvalue weighted by Crippen LogP contribution is -2.47. The Morgan fingerprint density at radius 2 is 1.79 bits per heavy atom. The lowest BCUT2D eigenvalue weighted by atomic mass is 9.64. The maximum atomic E-state index is 11.5. The number of hydrogen-bond donors (Lipinski definition) is 0. The Morgan fingerprint density at radius 1 is 1.11 bits per heavy atom. The van der Waals surface area contributed by atoms with E-state index in [0.29, 0.717) is 16.7 Å². The quantitative estimate of drug-likeness (QED) is 0.664. The monoisotopic (exact) mass is 264 g/mol. The molecule has 3 saturated carbocycles. The summed E-state index contributed by atoms with van der Waals surface area (Å²) in [5, 5.41) is 0. The fourth-order valence-corrected chi connectivity index (χ4v) is 6.31. The Morgan fingerprint density at radius 3 is 2.42 bits per heavy atom. The van der Waals surface area contributed by atoms with E-state index < -0.39 is 0 Å². The van der Waals surface area contributed by atoms with E-state index in [9.17, 15) is 4.79 Å². The van der Waals surface area contributed by atoms with Crippen molar-refractivity contribution in [1.29, 1.82) is 0 Å². The van der Waals surface area contributed by atoms with E-state index in [4.69, 9.17) is 4.74 Å². The van der Waals surface area contributed by atoms with Gasteiger partial charge in [-0.15, -0.1) is 0 Å². The molecule has 5 atom stereocenters. The van der Waals surface area contributed by atoms with Gasteiger partial charge in [-0.1, -0.05) is 20.8 Å². The molecule has 108 valence electrons. The van der Waals surface area contributed by atoms with Crippen LogP contribution in [0.25, 0.3) is 0 Å². The standard InChI is InChI=1S/C17H28O2/c1-11-6-7-13-15(3,4)14-10-17(11,13)9-8-16(14,5)19-12(2)18/h11,13-14H,6-10H2,1-5H3/t11-,13?,14?,16-,17?/m0/s1. The van der Waals surface area contributed by atoms with E-state index >= 15 is 0 Å². The third kappa shape index (κ3) is 1.58. The number of fused-ring (bicyclic) bond motifs is 1. The van der Waals surface area contributed by atoms with Crippen LogP contribution >= 0.6 is 0 Å². The Balaban J connectivity index is 1.99. The zero-order chi connectivity index (χ0) is 14.1. The average Bonchev–Trinajstić information content (AvgIpc) is 2.69. The minimum atomic E-state index is -0.232. The molecule has 0 aromatic heterocycles. The molecular formula is C17H28O2. The van der Waals surface area contributed by atoms with Gasteiger partial charge in [0.05, 0.1) is 0 Å². The van der Waals surface area contributed by atoms with Gasteiger partial charge in [0.1, 0.15) is 5.60 Å². The number of rotatable bonds is 1. The molecule has 19 heavy (non-hydrogen) atoms. The molecule has 0 saturated heterocycles. The molecule has 0 aromatic rings. The van der Waals surface area contributed by atoms with Crippen molar-refractivity contribution in [2.45, 2.75) is 72.3 Å². The second-order valence-electron chi connectivity index (χ2n) is 8.25. The average molecular weight is 264 g/mol. The molecule has 0 N–H and O–H groups in total. The van der Waals surface area contributed by atoms with Gasteiger partial charge in [-0.25, -0.2) is 0 Å². The summed E-state index contributed by atoms with van der Waals surface area (Å²) in [5.74, 6) is 2.10. The lowest BCUT2D eigenvalue weighted by molar-refractivity contribution is -0.171. The molecule has 0 radical (unpaired) electrons. The largest absolute Gasteiger partial charge is 0.459 e. The SMILES string of the molecule is CC(=O)O[C@@]1(C)CCC23CC1C(C)(C)C2CC[C@@H]3C. The predicted molar refractivity (Wildman–Crippen MR) is 75.6 cm³/mol. The van der Waals surface area contributed by atoms with Crippen LogP contribution < -0.4 is 0 Å². The minimum Gasteiger partial charge on any atom is -0.459 e. The molecule has 0 aliphatic heterocycles. The van der Waals surface area contributed by atoms with Gasteiger partial charge in [-0.05, 0) is 61.7 Å². The van der Waals surface area contributed by atoms with Gasteiger partial charge in [-0.3, -0.25) is 4.79 Å². The molecule has 2 heteroatoms. The van der Waals surface area contributed by atoms with Crippen molar-refractivity contribution in [3.05, 3.63) is 0 Å². The van der Waals surface area contributed by atoms with Crippen LogP contribution in [0.1, 0.15) is 66.7 Å². The topological polar surface area (TPSA) is 26.3 Å². The van der Waals surface area contributed by atoms with Crippen molar-refractivity contribution in [3.63, 3.8) is 0 Å². The fraction of sp³-hybridized carbons (Fsp3) is 0.941. The van der Waals surface area contributed by atoms with Gasteiger partial charge in [0.2, 0.25) is 0 Å². The Kier molecular flexibility index (Phi) is 2.67. The summed E-state index contributed by atoms with van der Waals surface area (Å²) < 4.78 is 5.80. The Labute approximate surface area is 117 Å². The zero-order valence-corrected chi connectivity index (χ0v) is 13.1. The summed E-state index contributed by atoms with van der Waals surface area (Å²) in [4.78, 5) is 11.5. The first-order chi connectivity index (χ1) is 8.72. The highest BCUT2D eigenvalue weighted by Gasteiger charge is 2.68. The molecule has 0 aromatic carbocycles. The lowest BCUT2D eigenvalue weighted by Gasteiger charge is -2.46. The maximum absolute atomic E-state index is 11.5. The molecule has 3 unspecified atom stereocenters. The van der Waals surface area contributed by atoms with Crippen molar-refractivity contribution in [1.82, 2.24) is 0 Å². The van der Waals surface area contributed by atoms with Crippen molar-refractivity contribution in [2.75, 3.05) is 0 Å². The van der Waals surface area contributed by atoms with Gasteiger partial charge >= 0.3 is 5.97 Å². The number of esters is 1. The molecule has 0 amide bonds. The predicted octanol–water partition coefficient (Wildman–Crippen LogP) is 4.18. The Hall–Kier alpha value is -0.530. The summed E-state index contributed by atoms with van der Waals surface area (Å²) >= 11 is 0. The molecule has 2 nitrogen and oxygen atoms in total. The third-order valence-corrected chi connectivity index (χ3v) is 7.15. The summed E-state index contributed by atoms with van der Waals surface area (Å²) in [5.41, 5.74) is 0.629. The highest BCUT2D eigenvalue weighted by Crippen LogP contribution is 2.73. The molecule has 3 aliphatic rings. The normalized spacial score (nSPS) is 50.9. The second kappa shape index (κ2) is 3.77. The molecule has 3 aliphatic carbocycles. The molecular weight excluding hydrogens is 236 g/mol. The van der Waals surface area contributed by atoms with Gasteiger partial charge < -0.3 is 4.74 Å². The first kappa shape index (κ1) is 13.5. The highest BCUT2D eigenvalue weighted by atomic mass is 16.6. The van der Waals surface area contributed by atoms with Gasteiger partial charge in [0.15, 0.2) is 0 Å². The first-order valence-electron chi connectivity index (χ1n) is 7.92. The van der Waals surface area contributed by atoms with Crippen molar-refractivity contribution < 1.29 is 9.53 Å². The molecule has 3 fully saturated rings. The number of hydrogen-bond acceptors (Lipinski definition) is 2. The Bertz CT molecular complexity index is 413. The highest BCUT2D eigenvalue weighted by molar-refractivity contribution is 5.66. The van der Waals surface area contributed by atoms with E-state index in [1.807, 2.05) is 0 Å². The summed E-state index contributed by atoms with van der Waals surface area (Å²) in [7, 11) is 0. The van der Waals surface area contributed by atoms with Gasteiger partial charge in [-0.2, -0.15) is 0 Å².